The van der Waals surface area contributed by atoms with Gasteiger partial charge in [0.25, 0.3) is 5.91 Å². The molecule has 3 aliphatic rings. The molecule has 0 aliphatic carbocycles. The fraction of sp³-hybridized carbons (Fsp3) is 0.433. The lowest BCUT2D eigenvalue weighted by Gasteiger charge is -2.34. The second-order valence-corrected chi connectivity index (χ2v) is 10.9. The van der Waals surface area contributed by atoms with E-state index in [9.17, 15) is 14.0 Å². The number of aromatic nitrogens is 3. The van der Waals surface area contributed by atoms with Crippen LogP contribution in [0.25, 0.3) is 11.3 Å². The Kier molecular flexibility index (Phi) is 7.39. The number of hydrogen-bond acceptors (Lipinski definition) is 7. The Morgan fingerprint density at radius 1 is 1.22 bits per heavy atom. The van der Waals surface area contributed by atoms with Crippen molar-refractivity contribution in [1.29, 1.82) is 0 Å². The van der Waals surface area contributed by atoms with Crippen molar-refractivity contribution in [3.8, 4) is 11.3 Å². The number of nitrogens with zero attached hydrogens (tertiary/aromatic N) is 5. The Labute approximate surface area is 237 Å². The van der Waals surface area contributed by atoms with Gasteiger partial charge in [0, 0.05) is 49.0 Å². The van der Waals surface area contributed by atoms with Gasteiger partial charge in [0.15, 0.2) is 5.67 Å². The number of imidazole rings is 1. The van der Waals surface area contributed by atoms with Gasteiger partial charge >= 0.3 is 0 Å². The molecule has 0 saturated carbocycles. The highest BCUT2D eigenvalue weighted by molar-refractivity contribution is 6.04. The van der Waals surface area contributed by atoms with E-state index in [2.05, 4.69) is 19.9 Å². The quantitative estimate of drug-likeness (QED) is 0.451. The zero-order chi connectivity index (χ0) is 28.6. The first kappa shape index (κ1) is 27.2. The van der Waals surface area contributed by atoms with Crippen molar-refractivity contribution in [2.45, 2.75) is 56.9 Å². The lowest BCUT2D eigenvalue weighted by atomic mass is 9.95. The fourth-order valence-electron chi connectivity index (χ4n) is 5.79. The van der Waals surface area contributed by atoms with Crippen LogP contribution in [0.1, 0.15) is 72.1 Å². The van der Waals surface area contributed by atoms with Crippen LogP contribution in [-0.4, -0.2) is 63.8 Å². The number of benzene rings is 1. The maximum absolute atomic E-state index is 14.7. The molecule has 2 saturated heterocycles. The van der Waals surface area contributed by atoms with Crippen LogP contribution >= 0.6 is 0 Å². The van der Waals surface area contributed by atoms with Crippen molar-refractivity contribution in [1.82, 2.24) is 19.4 Å². The Morgan fingerprint density at radius 2 is 2.02 bits per heavy atom. The molecular formula is C30H34FN7O3. The van der Waals surface area contributed by atoms with E-state index in [1.54, 1.807) is 18.2 Å². The molecule has 5 heterocycles. The lowest BCUT2D eigenvalue weighted by molar-refractivity contribution is -0.135. The zero-order valence-corrected chi connectivity index (χ0v) is 23.1. The Morgan fingerprint density at radius 3 is 2.76 bits per heavy atom. The molecule has 6 rings (SSSR count). The molecule has 3 aliphatic heterocycles. The van der Waals surface area contributed by atoms with Crippen LogP contribution in [-0.2, 0) is 21.7 Å². The SMILES string of the molecule is CCCC(=O)N1CCCC(c2nc(-c3ccc(C(=O)Nc4cc(C5(F)COC5)ccn4)cc3)c3n2CC=NC3N)C1. The number of nitrogens with two attached hydrogens (primary N) is 1. The number of aliphatic imine (C=N–C) groups is 1. The summed E-state index contributed by atoms with van der Waals surface area (Å²) in [5.41, 5.74) is 8.14. The number of alkyl halides is 1. The van der Waals surface area contributed by atoms with Gasteiger partial charge in [-0.1, -0.05) is 19.1 Å². The number of rotatable bonds is 7. The number of carbonyl (C=O) groups excluding carboxylic acids is 2. The number of anilines is 1. The average Bonchev–Trinajstić information content (AvgIpc) is 3.37. The van der Waals surface area contributed by atoms with E-state index >= 15 is 0 Å². The van der Waals surface area contributed by atoms with Crippen LogP contribution in [0.5, 0.6) is 0 Å². The number of halogens is 1. The minimum Gasteiger partial charge on any atom is -0.374 e. The van der Waals surface area contributed by atoms with E-state index in [1.807, 2.05) is 30.2 Å². The molecule has 214 valence electrons. The number of fused-ring (bicyclic) bond motifs is 1. The van der Waals surface area contributed by atoms with Gasteiger partial charge in [-0.05, 0) is 49.1 Å². The molecule has 2 unspecified atom stereocenters. The summed E-state index contributed by atoms with van der Waals surface area (Å²) < 4.78 is 21.9. The standard InChI is InChI=1S/C30H34FN7O3/c1-2-4-24(39)37-13-3-5-21(16-37)28-36-25(26-27(32)34-12-14-38(26)28)19-6-8-20(9-7-19)29(40)35-23-15-22(10-11-33-23)30(31)17-41-18-30/h6-12,15,21,27H,2-5,13-14,16-18,32H2,1H3,(H,33,35,40). The molecule has 2 fully saturated rings. The van der Waals surface area contributed by atoms with Gasteiger partial charge in [0.2, 0.25) is 5.91 Å². The molecule has 0 radical (unpaired) electrons. The van der Waals surface area contributed by atoms with Gasteiger partial charge < -0.3 is 25.3 Å². The molecule has 11 heteroatoms. The number of ether oxygens (including phenoxy) is 1. The Hall–Kier alpha value is -3.96. The third-order valence-electron chi connectivity index (χ3n) is 8.05. The van der Waals surface area contributed by atoms with Gasteiger partial charge in [-0.2, -0.15) is 0 Å². The normalized spacial score (nSPS) is 21.2. The molecule has 41 heavy (non-hydrogen) atoms. The second-order valence-electron chi connectivity index (χ2n) is 10.9. The van der Waals surface area contributed by atoms with Crippen molar-refractivity contribution in [2.24, 2.45) is 10.7 Å². The summed E-state index contributed by atoms with van der Waals surface area (Å²) in [5.74, 6) is 1.14. The van der Waals surface area contributed by atoms with Crippen LogP contribution in [0.3, 0.4) is 0 Å². The summed E-state index contributed by atoms with van der Waals surface area (Å²) >= 11 is 0. The monoisotopic (exact) mass is 559 g/mol. The molecule has 10 nitrogen and oxygen atoms in total. The third kappa shape index (κ3) is 5.27. The molecule has 3 aromatic rings. The number of pyridine rings is 1. The highest BCUT2D eigenvalue weighted by Gasteiger charge is 2.41. The van der Waals surface area contributed by atoms with Crippen LogP contribution in [0.2, 0.25) is 0 Å². The largest absolute Gasteiger partial charge is 0.374 e. The first-order valence-electron chi connectivity index (χ1n) is 14.2. The molecule has 2 atom stereocenters. The van der Waals surface area contributed by atoms with Crippen molar-refractivity contribution in [3.63, 3.8) is 0 Å². The summed E-state index contributed by atoms with van der Waals surface area (Å²) in [6, 6.07) is 10.3. The first-order chi connectivity index (χ1) is 19.9. The molecule has 2 amide bonds. The highest BCUT2D eigenvalue weighted by atomic mass is 19.1. The van der Waals surface area contributed by atoms with Gasteiger partial charge in [-0.3, -0.25) is 14.6 Å². The van der Waals surface area contributed by atoms with Gasteiger partial charge in [0.05, 0.1) is 31.1 Å². The number of hydrogen-bond donors (Lipinski definition) is 2. The van der Waals surface area contributed by atoms with Crippen LogP contribution in [0.4, 0.5) is 10.2 Å². The fourth-order valence-corrected chi connectivity index (χ4v) is 5.79. The molecule has 2 aromatic heterocycles. The van der Waals surface area contributed by atoms with Crippen molar-refractivity contribution >= 4 is 23.8 Å². The summed E-state index contributed by atoms with van der Waals surface area (Å²) in [5, 5.41) is 2.76. The third-order valence-corrected chi connectivity index (χ3v) is 8.05. The first-order valence-corrected chi connectivity index (χ1v) is 14.2. The maximum atomic E-state index is 14.7. The van der Waals surface area contributed by atoms with Crippen LogP contribution in [0, 0.1) is 0 Å². The van der Waals surface area contributed by atoms with E-state index in [-0.39, 0.29) is 36.8 Å². The molecule has 0 bridgehead atoms. The van der Waals surface area contributed by atoms with E-state index in [0.29, 0.717) is 30.6 Å². The summed E-state index contributed by atoms with van der Waals surface area (Å²) in [6.07, 6.45) is 6.00. The predicted octanol–water partition coefficient (Wildman–Crippen LogP) is 3.94. The van der Waals surface area contributed by atoms with E-state index in [1.165, 1.54) is 12.3 Å². The van der Waals surface area contributed by atoms with E-state index < -0.39 is 11.8 Å². The number of nitrogens with one attached hydrogen (secondary N) is 1. The average molecular weight is 560 g/mol. The van der Waals surface area contributed by atoms with Gasteiger partial charge in [-0.25, -0.2) is 14.4 Å². The topological polar surface area (TPSA) is 128 Å². The van der Waals surface area contributed by atoms with E-state index in [4.69, 9.17) is 15.5 Å². The van der Waals surface area contributed by atoms with Crippen molar-refractivity contribution < 1.29 is 18.7 Å². The summed E-state index contributed by atoms with van der Waals surface area (Å²) in [6.45, 7) is 4.01. The minimum absolute atomic E-state index is 0.00369. The summed E-state index contributed by atoms with van der Waals surface area (Å²) in [7, 11) is 0. The number of piperidine rings is 1. The smallest absolute Gasteiger partial charge is 0.256 e. The second kappa shape index (κ2) is 11.1. The van der Waals surface area contributed by atoms with Gasteiger partial charge in [-0.15, -0.1) is 0 Å². The molecule has 1 aromatic carbocycles. The molecular weight excluding hydrogens is 525 g/mol. The maximum Gasteiger partial charge on any atom is 0.256 e. The van der Waals surface area contributed by atoms with Gasteiger partial charge in [0.1, 0.15) is 17.8 Å². The molecule has 0 spiro atoms. The number of carbonyl (C=O) groups is 2. The van der Waals surface area contributed by atoms with E-state index in [0.717, 1.165) is 48.6 Å². The van der Waals surface area contributed by atoms with Crippen LogP contribution in [0.15, 0.2) is 47.6 Å². The zero-order valence-electron chi connectivity index (χ0n) is 23.1. The minimum atomic E-state index is -1.54. The lowest BCUT2D eigenvalue weighted by Crippen LogP contribution is -2.42. The predicted molar refractivity (Wildman–Crippen MR) is 152 cm³/mol. The van der Waals surface area contributed by atoms with Crippen LogP contribution < -0.4 is 11.1 Å². The van der Waals surface area contributed by atoms with Crippen molar-refractivity contribution in [2.75, 3.05) is 31.6 Å². The van der Waals surface area contributed by atoms with Crippen molar-refractivity contribution in [3.05, 3.63) is 65.2 Å². The Bertz CT molecular complexity index is 1480. The molecule has 3 N–H and O–H groups in total. The highest BCUT2D eigenvalue weighted by Crippen LogP contribution is 2.36. The Balaban J connectivity index is 1.23. The number of likely N-dealkylation sites (tertiary alicyclic amines) is 1. The summed E-state index contributed by atoms with van der Waals surface area (Å²) in [4.78, 5) is 41.2. The number of amides is 2.